The summed E-state index contributed by atoms with van der Waals surface area (Å²) in [6.07, 6.45) is 2.27. The summed E-state index contributed by atoms with van der Waals surface area (Å²) in [6, 6.07) is 10.1. The van der Waals surface area contributed by atoms with Crippen molar-refractivity contribution < 1.29 is 9.59 Å². The predicted molar refractivity (Wildman–Crippen MR) is 69.8 cm³/mol. The van der Waals surface area contributed by atoms with Crippen molar-refractivity contribution in [3.05, 3.63) is 48.0 Å². The van der Waals surface area contributed by atoms with Gasteiger partial charge in [-0.3, -0.25) is 14.5 Å². The molecule has 0 saturated carbocycles. The molecule has 1 aromatic carbocycles. The molecule has 94 valence electrons. The van der Waals surface area contributed by atoms with Crippen LogP contribution < -0.4 is 0 Å². The van der Waals surface area contributed by atoms with Crippen molar-refractivity contribution in [3.8, 4) is 0 Å². The number of likely N-dealkylation sites (tertiary alicyclic amines) is 1. The quantitative estimate of drug-likeness (QED) is 0.764. The Kier molecular flexibility index (Phi) is 3.60. The number of imide groups is 1. The van der Waals surface area contributed by atoms with E-state index in [0.717, 1.165) is 12.8 Å². The number of carbonyl (C=O) groups is 2. The van der Waals surface area contributed by atoms with Gasteiger partial charge in [-0.05, 0) is 24.8 Å². The van der Waals surface area contributed by atoms with E-state index < -0.39 is 0 Å². The minimum Gasteiger partial charge on any atom is -0.276 e. The number of nitrogens with zero attached hydrogens (tertiary/aromatic N) is 1. The number of hydrogen-bond donors (Lipinski definition) is 0. The van der Waals surface area contributed by atoms with Crippen molar-refractivity contribution in [2.45, 2.75) is 32.2 Å². The van der Waals surface area contributed by atoms with E-state index in [0.29, 0.717) is 12.0 Å². The van der Waals surface area contributed by atoms with E-state index in [1.807, 2.05) is 18.2 Å². The Hall–Kier alpha value is -1.90. The van der Waals surface area contributed by atoms with E-state index >= 15 is 0 Å². The third-order valence-electron chi connectivity index (χ3n) is 3.32. The van der Waals surface area contributed by atoms with Crippen LogP contribution in [0.2, 0.25) is 0 Å². The molecule has 1 fully saturated rings. The maximum atomic E-state index is 11.8. The highest BCUT2D eigenvalue weighted by Gasteiger charge is 2.36. The van der Waals surface area contributed by atoms with Gasteiger partial charge >= 0.3 is 0 Å². The lowest BCUT2D eigenvalue weighted by molar-refractivity contribution is -0.141. The van der Waals surface area contributed by atoms with Gasteiger partial charge < -0.3 is 0 Å². The highest BCUT2D eigenvalue weighted by molar-refractivity contribution is 6.05. The fraction of sp³-hybridized carbons (Fsp3) is 0.333. The topological polar surface area (TPSA) is 37.4 Å². The van der Waals surface area contributed by atoms with Gasteiger partial charge in [0.2, 0.25) is 5.91 Å². The summed E-state index contributed by atoms with van der Waals surface area (Å²) in [5.41, 5.74) is 1.77. The lowest BCUT2D eigenvalue weighted by atomic mass is 10.0. The van der Waals surface area contributed by atoms with Gasteiger partial charge in [0.25, 0.3) is 5.91 Å². The molecule has 1 atom stereocenters. The second kappa shape index (κ2) is 5.17. The molecule has 3 nitrogen and oxygen atoms in total. The van der Waals surface area contributed by atoms with Crippen LogP contribution in [-0.2, 0) is 16.0 Å². The monoisotopic (exact) mass is 243 g/mol. The molecule has 3 heteroatoms. The molecule has 2 rings (SSSR count). The minimum atomic E-state index is -0.208. The van der Waals surface area contributed by atoms with Gasteiger partial charge in [-0.2, -0.15) is 0 Å². The summed E-state index contributed by atoms with van der Waals surface area (Å²) in [5, 5.41) is 0. The molecule has 0 aliphatic carbocycles. The molecule has 0 aromatic heterocycles. The number of amides is 2. The largest absolute Gasteiger partial charge is 0.276 e. The minimum absolute atomic E-state index is 0.0253. The Morgan fingerprint density at radius 1 is 1.39 bits per heavy atom. The molecule has 0 N–H and O–H groups in total. The molecule has 0 spiro atoms. The second-order valence-electron chi connectivity index (χ2n) is 4.68. The maximum absolute atomic E-state index is 11.8. The van der Waals surface area contributed by atoms with Crippen molar-refractivity contribution in [1.82, 2.24) is 4.90 Å². The first-order valence-corrected chi connectivity index (χ1v) is 6.15. The van der Waals surface area contributed by atoms with Crippen LogP contribution in [0.4, 0.5) is 0 Å². The molecule has 1 unspecified atom stereocenters. The number of rotatable bonds is 3. The molecule has 2 amide bonds. The molecular formula is C15H17NO2. The van der Waals surface area contributed by atoms with Crippen LogP contribution in [0.1, 0.15) is 25.3 Å². The van der Waals surface area contributed by atoms with Crippen molar-refractivity contribution in [2.75, 3.05) is 0 Å². The smallest absolute Gasteiger partial charge is 0.256 e. The molecule has 18 heavy (non-hydrogen) atoms. The van der Waals surface area contributed by atoms with E-state index in [-0.39, 0.29) is 17.9 Å². The number of aryl methyl sites for hydroxylation is 1. The fourth-order valence-electron chi connectivity index (χ4n) is 2.41. The average Bonchev–Trinajstić information content (AvgIpc) is 2.64. The van der Waals surface area contributed by atoms with Crippen LogP contribution in [0, 0.1) is 0 Å². The predicted octanol–water partition coefficient (Wildman–Crippen LogP) is 2.32. The van der Waals surface area contributed by atoms with Crippen molar-refractivity contribution in [2.24, 2.45) is 0 Å². The van der Waals surface area contributed by atoms with Gasteiger partial charge in [0, 0.05) is 18.5 Å². The lowest BCUT2D eigenvalue weighted by Crippen LogP contribution is -2.37. The van der Waals surface area contributed by atoms with Gasteiger partial charge in [-0.1, -0.05) is 36.9 Å². The van der Waals surface area contributed by atoms with Crippen LogP contribution in [-0.4, -0.2) is 22.8 Å². The van der Waals surface area contributed by atoms with Gasteiger partial charge in [0.05, 0.1) is 0 Å². The maximum Gasteiger partial charge on any atom is 0.256 e. The molecule has 1 aliphatic heterocycles. The molecule has 0 radical (unpaired) electrons. The molecule has 1 aliphatic rings. The summed E-state index contributed by atoms with van der Waals surface area (Å²) in [4.78, 5) is 24.6. The fourth-order valence-corrected chi connectivity index (χ4v) is 2.41. The van der Waals surface area contributed by atoms with Gasteiger partial charge in [0.1, 0.15) is 0 Å². The Balaban J connectivity index is 2.03. The van der Waals surface area contributed by atoms with Crippen molar-refractivity contribution in [1.29, 1.82) is 0 Å². The van der Waals surface area contributed by atoms with Crippen LogP contribution in [0.15, 0.2) is 42.5 Å². The zero-order valence-corrected chi connectivity index (χ0v) is 10.6. The van der Waals surface area contributed by atoms with Crippen LogP contribution >= 0.6 is 0 Å². The summed E-state index contributed by atoms with van der Waals surface area (Å²) in [6.45, 7) is 5.17. The van der Waals surface area contributed by atoms with Gasteiger partial charge in [-0.15, -0.1) is 0 Å². The van der Waals surface area contributed by atoms with Crippen LogP contribution in [0.25, 0.3) is 0 Å². The highest BCUT2D eigenvalue weighted by atomic mass is 16.2. The summed E-state index contributed by atoms with van der Waals surface area (Å²) < 4.78 is 0. The Morgan fingerprint density at radius 3 is 2.67 bits per heavy atom. The number of benzene rings is 1. The van der Waals surface area contributed by atoms with E-state index in [1.165, 1.54) is 17.4 Å². The Bertz CT molecular complexity index is 479. The van der Waals surface area contributed by atoms with Gasteiger partial charge in [0.15, 0.2) is 0 Å². The standard InChI is InChI=1S/C15H17NO2/c1-11-10-14(16(12(2)17)15(11)18)9-8-13-6-4-3-5-7-13/h3-7,14H,1,8-10H2,2H3. The Labute approximate surface area is 107 Å². The summed E-state index contributed by atoms with van der Waals surface area (Å²) in [7, 11) is 0. The number of hydrogen-bond acceptors (Lipinski definition) is 2. The first-order chi connectivity index (χ1) is 8.59. The lowest BCUT2D eigenvalue weighted by Gasteiger charge is -2.20. The van der Waals surface area contributed by atoms with Crippen LogP contribution in [0.5, 0.6) is 0 Å². The zero-order valence-electron chi connectivity index (χ0n) is 10.6. The first-order valence-electron chi connectivity index (χ1n) is 6.15. The summed E-state index contributed by atoms with van der Waals surface area (Å²) >= 11 is 0. The van der Waals surface area contributed by atoms with E-state index in [1.54, 1.807) is 0 Å². The third-order valence-corrected chi connectivity index (χ3v) is 3.32. The van der Waals surface area contributed by atoms with E-state index in [9.17, 15) is 9.59 Å². The highest BCUT2D eigenvalue weighted by Crippen LogP contribution is 2.26. The molecule has 0 bridgehead atoms. The van der Waals surface area contributed by atoms with Crippen molar-refractivity contribution >= 4 is 11.8 Å². The van der Waals surface area contributed by atoms with E-state index in [2.05, 4.69) is 18.7 Å². The molecular weight excluding hydrogens is 226 g/mol. The summed E-state index contributed by atoms with van der Waals surface area (Å²) in [5.74, 6) is -0.391. The van der Waals surface area contributed by atoms with Crippen LogP contribution in [0.3, 0.4) is 0 Å². The van der Waals surface area contributed by atoms with Gasteiger partial charge in [-0.25, -0.2) is 0 Å². The normalized spacial score (nSPS) is 19.4. The molecule has 1 saturated heterocycles. The SMILES string of the molecule is C=C1CC(CCc2ccccc2)N(C(C)=O)C1=O. The zero-order chi connectivity index (χ0) is 13.1. The number of carbonyl (C=O) groups excluding carboxylic acids is 2. The average molecular weight is 243 g/mol. The molecule has 1 aromatic rings. The first kappa shape index (κ1) is 12.6. The van der Waals surface area contributed by atoms with E-state index in [4.69, 9.17) is 0 Å². The Morgan fingerprint density at radius 2 is 2.06 bits per heavy atom. The second-order valence-corrected chi connectivity index (χ2v) is 4.68. The third kappa shape index (κ3) is 2.50. The van der Waals surface area contributed by atoms with Crippen molar-refractivity contribution in [3.63, 3.8) is 0 Å². The molecule has 1 heterocycles.